The van der Waals surface area contributed by atoms with Gasteiger partial charge in [0.05, 0.1) is 12.3 Å². The third kappa shape index (κ3) is 5.32. The Labute approximate surface area is 97.2 Å². The molecule has 0 aromatic rings. The molecular weight excluding hydrogens is 230 g/mol. The van der Waals surface area contributed by atoms with E-state index in [0.717, 1.165) is 0 Å². The minimum Gasteiger partial charge on any atom is -0.409 e. The fourth-order valence-corrected chi connectivity index (χ4v) is 3.15. The van der Waals surface area contributed by atoms with Gasteiger partial charge in [-0.3, -0.25) is 0 Å². The Bertz CT molecular complexity index is 325. The summed E-state index contributed by atoms with van der Waals surface area (Å²) in [6.07, 6.45) is 0.691. The molecule has 0 spiro atoms. The quantitative estimate of drug-likeness (QED) is 0.297. The second kappa shape index (κ2) is 6.70. The van der Waals surface area contributed by atoms with Gasteiger partial charge in [-0.05, 0) is 12.3 Å². The van der Waals surface area contributed by atoms with Gasteiger partial charge in [-0.15, -0.1) is 0 Å². The molecule has 0 aliphatic heterocycles. The van der Waals surface area contributed by atoms with Crippen LogP contribution in [0.3, 0.4) is 0 Å². The number of nitrogens with zero attached hydrogens (tertiary/aromatic N) is 2. The number of oxime groups is 1. The number of rotatable bonds is 7. The third-order valence-electron chi connectivity index (χ3n) is 1.88. The molecule has 0 aliphatic carbocycles. The van der Waals surface area contributed by atoms with E-state index >= 15 is 0 Å². The van der Waals surface area contributed by atoms with Crippen LogP contribution in [0.15, 0.2) is 5.16 Å². The van der Waals surface area contributed by atoms with Crippen LogP contribution >= 0.6 is 0 Å². The molecule has 7 heteroatoms. The third-order valence-corrected chi connectivity index (χ3v) is 4.06. The molecular formula is C9H21N3O3S. The molecule has 6 nitrogen and oxygen atoms in total. The molecule has 0 saturated carbocycles. The monoisotopic (exact) mass is 251 g/mol. The van der Waals surface area contributed by atoms with Crippen molar-refractivity contribution in [2.45, 2.75) is 27.2 Å². The lowest BCUT2D eigenvalue weighted by atomic mass is 10.3. The lowest BCUT2D eigenvalue weighted by Gasteiger charge is -2.21. The van der Waals surface area contributed by atoms with Gasteiger partial charge in [-0.25, -0.2) is 8.42 Å². The van der Waals surface area contributed by atoms with E-state index in [0.29, 0.717) is 13.0 Å². The van der Waals surface area contributed by atoms with Crippen LogP contribution in [0.1, 0.15) is 27.2 Å². The summed E-state index contributed by atoms with van der Waals surface area (Å²) < 4.78 is 25.1. The van der Waals surface area contributed by atoms with Crippen LogP contribution in [0.2, 0.25) is 0 Å². The molecule has 0 aromatic heterocycles. The van der Waals surface area contributed by atoms with Crippen molar-refractivity contribution in [2.24, 2.45) is 16.8 Å². The maximum atomic E-state index is 11.9. The lowest BCUT2D eigenvalue weighted by molar-refractivity contribution is 0.314. The molecule has 3 N–H and O–H groups in total. The zero-order chi connectivity index (χ0) is 12.8. The first-order valence-electron chi connectivity index (χ1n) is 5.27. The predicted octanol–water partition coefficient (Wildman–Crippen LogP) is 0.431. The highest BCUT2D eigenvalue weighted by Crippen LogP contribution is 2.07. The average molecular weight is 251 g/mol. The summed E-state index contributed by atoms with van der Waals surface area (Å²) in [5, 5.41) is 11.2. The van der Waals surface area contributed by atoms with E-state index in [1.54, 1.807) is 0 Å². The van der Waals surface area contributed by atoms with Crippen molar-refractivity contribution < 1.29 is 13.6 Å². The van der Waals surface area contributed by atoms with Crippen molar-refractivity contribution in [3.05, 3.63) is 0 Å². The van der Waals surface area contributed by atoms with Gasteiger partial charge in [0.15, 0.2) is 5.84 Å². The van der Waals surface area contributed by atoms with Crippen LogP contribution in [0.5, 0.6) is 0 Å². The molecule has 0 rings (SSSR count). The van der Waals surface area contributed by atoms with Crippen molar-refractivity contribution in [3.8, 4) is 0 Å². The zero-order valence-electron chi connectivity index (χ0n) is 10.0. The normalized spacial score (nSPS) is 13.7. The summed E-state index contributed by atoms with van der Waals surface area (Å²) in [4.78, 5) is 0. The van der Waals surface area contributed by atoms with Gasteiger partial charge in [0.1, 0.15) is 0 Å². The highest BCUT2D eigenvalue weighted by atomic mass is 32.2. The summed E-state index contributed by atoms with van der Waals surface area (Å²) in [7, 11) is -3.33. The Morgan fingerprint density at radius 3 is 2.44 bits per heavy atom. The first-order chi connectivity index (χ1) is 7.33. The van der Waals surface area contributed by atoms with Gasteiger partial charge in [0.25, 0.3) is 0 Å². The number of nitrogens with two attached hydrogens (primary N) is 1. The summed E-state index contributed by atoms with van der Waals surface area (Å²) in [6, 6.07) is 0. The minimum atomic E-state index is -3.33. The van der Waals surface area contributed by atoms with Crippen LogP contribution < -0.4 is 5.73 Å². The molecule has 0 bridgehead atoms. The second-order valence-electron chi connectivity index (χ2n) is 4.10. The molecule has 0 aliphatic rings. The molecule has 16 heavy (non-hydrogen) atoms. The molecule has 0 atom stereocenters. The topological polar surface area (TPSA) is 96.0 Å². The molecule has 0 saturated heterocycles. The van der Waals surface area contributed by atoms with Crippen molar-refractivity contribution in [2.75, 3.05) is 18.8 Å². The molecule has 96 valence electrons. The zero-order valence-corrected chi connectivity index (χ0v) is 10.9. The Morgan fingerprint density at radius 2 is 2.06 bits per heavy atom. The molecule has 0 aromatic carbocycles. The minimum absolute atomic E-state index is 0.0524. The van der Waals surface area contributed by atoms with E-state index in [1.165, 1.54) is 4.31 Å². The molecule has 0 fully saturated rings. The van der Waals surface area contributed by atoms with Crippen molar-refractivity contribution in [1.82, 2.24) is 4.31 Å². The lowest BCUT2D eigenvalue weighted by Crippen LogP contribution is -2.41. The maximum Gasteiger partial charge on any atom is 0.214 e. The highest BCUT2D eigenvalue weighted by molar-refractivity contribution is 7.89. The van der Waals surface area contributed by atoms with Gasteiger partial charge in [-0.2, -0.15) is 4.31 Å². The average Bonchev–Trinajstić information content (AvgIpc) is 2.14. The van der Waals surface area contributed by atoms with Crippen molar-refractivity contribution in [3.63, 3.8) is 0 Å². The van der Waals surface area contributed by atoms with E-state index in [1.807, 2.05) is 20.8 Å². The van der Waals surface area contributed by atoms with E-state index in [2.05, 4.69) is 5.16 Å². The maximum absolute atomic E-state index is 11.9. The van der Waals surface area contributed by atoms with Crippen molar-refractivity contribution in [1.29, 1.82) is 0 Å². The number of sulfonamides is 1. The molecule has 0 unspecified atom stereocenters. The molecule has 0 heterocycles. The van der Waals surface area contributed by atoms with Gasteiger partial charge in [-0.1, -0.05) is 25.9 Å². The van der Waals surface area contributed by atoms with E-state index in [4.69, 9.17) is 10.9 Å². The smallest absolute Gasteiger partial charge is 0.214 e. The van der Waals surface area contributed by atoms with E-state index in [9.17, 15) is 8.42 Å². The van der Waals surface area contributed by atoms with Gasteiger partial charge >= 0.3 is 0 Å². The number of hydrogen-bond donors (Lipinski definition) is 2. The van der Waals surface area contributed by atoms with E-state index < -0.39 is 10.0 Å². The SMILES string of the molecule is CCCN(CC(N)=NO)S(=O)(=O)CC(C)C. The highest BCUT2D eigenvalue weighted by Gasteiger charge is 2.23. The van der Waals surface area contributed by atoms with Crippen LogP contribution in [-0.4, -0.2) is 42.6 Å². The van der Waals surface area contributed by atoms with Gasteiger partial charge in [0, 0.05) is 6.54 Å². The molecule has 0 amide bonds. The first-order valence-corrected chi connectivity index (χ1v) is 6.88. The van der Waals surface area contributed by atoms with Crippen LogP contribution in [0.4, 0.5) is 0 Å². The summed E-state index contributed by atoms with van der Waals surface area (Å²) in [5.41, 5.74) is 5.33. The number of hydrogen-bond acceptors (Lipinski definition) is 4. The Kier molecular flexibility index (Phi) is 6.35. The van der Waals surface area contributed by atoms with Gasteiger partial charge in [0.2, 0.25) is 10.0 Å². The van der Waals surface area contributed by atoms with Crippen LogP contribution in [0.25, 0.3) is 0 Å². The van der Waals surface area contributed by atoms with E-state index in [-0.39, 0.29) is 24.1 Å². The Balaban J connectivity index is 4.76. The summed E-state index contributed by atoms with van der Waals surface area (Å²) in [6.45, 7) is 5.88. The Hall–Kier alpha value is -0.820. The summed E-state index contributed by atoms with van der Waals surface area (Å²) >= 11 is 0. The standard InChI is InChI=1S/C9H21N3O3S/c1-4-5-12(6-9(10)11-13)16(14,15)7-8(2)3/h8,13H,4-7H2,1-3H3,(H2,10,11). The van der Waals surface area contributed by atoms with Gasteiger partial charge < -0.3 is 10.9 Å². The van der Waals surface area contributed by atoms with Crippen molar-refractivity contribution >= 4 is 15.9 Å². The predicted molar refractivity (Wildman–Crippen MR) is 63.9 cm³/mol. The largest absolute Gasteiger partial charge is 0.409 e. The molecule has 0 radical (unpaired) electrons. The van der Waals surface area contributed by atoms with Crippen LogP contribution in [-0.2, 0) is 10.0 Å². The second-order valence-corrected chi connectivity index (χ2v) is 6.11. The first kappa shape index (κ1) is 15.2. The fraction of sp³-hybridized carbons (Fsp3) is 0.889. The fourth-order valence-electron chi connectivity index (χ4n) is 1.30. The Morgan fingerprint density at radius 1 is 1.50 bits per heavy atom. The number of amidine groups is 1. The van der Waals surface area contributed by atoms with Crippen LogP contribution in [0, 0.1) is 5.92 Å². The summed E-state index contributed by atoms with van der Waals surface area (Å²) in [5.74, 6) is 0.0311.